The number of amides is 1. The molecule has 3 aromatic heterocycles. The topological polar surface area (TPSA) is 89.7 Å². The Morgan fingerprint density at radius 2 is 2.00 bits per heavy atom. The van der Waals surface area contributed by atoms with Crippen molar-refractivity contribution in [1.82, 2.24) is 29.6 Å². The summed E-state index contributed by atoms with van der Waals surface area (Å²) in [5.41, 5.74) is 2.94. The molecule has 0 saturated heterocycles. The standard InChI is InChI=1S/C22H27N7OS/c1-4-9-24-20-17-13-25-29(21(17)27-22(26-20)31-3)11-10-23-19(30)12-15-14-28(2)18-8-6-5-7-16(15)18/h5-8,13-14H,4,9-12H2,1-3H3,(H,23,30)(H,24,26,27). The highest BCUT2D eigenvalue weighted by atomic mass is 32.2. The van der Waals surface area contributed by atoms with E-state index in [0.29, 0.717) is 24.7 Å². The minimum Gasteiger partial charge on any atom is -0.369 e. The Hall–Kier alpha value is -3.07. The molecule has 2 N–H and O–H groups in total. The number of rotatable bonds is 9. The van der Waals surface area contributed by atoms with Gasteiger partial charge in [-0.25, -0.2) is 14.6 Å². The lowest BCUT2D eigenvalue weighted by Crippen LogP contribution is -2.28. The van der Waals surface area contributed by atoms with Crippen LogP contribution in [0.1, 0.15) is 18.9 Å². The first-order valence-corrected chi connectivity index (χ1v) is 11.6. The minimum atomic E-state index is -0.00227. The molecule has 0 fully saturated rings. The van der Waals surface area contributed by atoms with Crippen molar-refractivity contribution >= 4 is 45.4 Å². The van der Waals surface area contributed by atoms with Crippen LogP contribution in [-0.4, -0.2) is 49.6 Å². The minimum absolute atomic E-state index is 0.00227. The fourth-order valence-corrected chi connectivity index (χ4v) is 4.03. The molecule has 162 valence electrons. The number of fused-ring (bicyclic) bond motifs is 2. The summed E-state index contributed by atoms with van der Waals surface area (Å²) in [7, 11) is 2.00. The number of para-hydroxylation sites is 1. The number of anilines is 1. The number of nitrogens with one attached hydrogen (secondary N) is 2. The van der Waals surface area contributed by atoms with Crippen LogP contribution in [0.5, 0.6) is 0 Å². The van der Waals surface area contributed by atoms with Crippen LogP contribution in [0.15, 0.2) is 41.8 Å². The van der Waals surface area contributed by atoms with Crippen LogP contribution in [0.3, 0.4) is 0 Å². The SMILES string of the molecule is CCCNc1nc(SC)nc2c1cnn2CCNC(=O)Cc1cn(C)c2ccccc12. The van der Waals surface area contributed by atoms with Gasteiger partial charge in [-0.1, -0.05) is 36.9 Å². The average molecular weight is 438 g/mol. The third-order valence-electron chi connectivity index (χ3n) is 5.18. The summed E-state index contributed by atoms with van der Waals surface area (Å²) in [6.07, 6.45) is 7.13. The molecule has 0 radical (unpaired) electrons. The summed E-state index contributed by atoms with van der Waals surface area (Å²) in [6, 6.07) is 8.13. The van der Waals surface area contributed by atoms with Crippen molar-refractivity contribution in [3.63, 3.8) is 0 Å². The van der Waals surface area contributed by atoms with E-state index in [1.807, 2.05) is 36.3 Å². The van der Waals surface area contributed by atoms with Gasteiger partial charge in [0, 0.05) is 37.2 Å². The lowest BCUT2D eigenvalue weighted by Gasteiger charge is -2.09. The van der Waals surface area contributed by atoms with Crippen molar-refractivity contribution in [3.8, 4) is 0 Å². The Morgan fingerprint density at radius 1 is 1.16 bits per heavy atom. The van der Waals surface area contributed by atoms with Crippen molar-refractivity contribution < 1.29 is 4.79 Å². The van der Waals surface area contributed by atoms with Gasteiger partial charge in [-0.15, -0.1) is 0 Å². The Kier molecular flexibility index (Phi) is 6.41. The van der Waals surface area contributed by atoms with E-state index in [2.05, 4.69) is 49.3 Å². The maximum atomic E-state index is 12.5. The van der Waals surface area contributed by atoms with Crippen LogP contribution in [-0.2, 0) is 24.8 Å². The molecule has 0 aliphatic heterocycles. The summed E-state index contributed by atoms with van der Waals surface area (Å²) in [4.78, 5) is 21.7. The van der Waals surface area contributed by atoms with E-state index in [-0.39, 0.29) is 5.91 Å². The predicted octanol–water partition coefficient (Wildman–Crippen LogP) is 3.22. The third kappa shape index (κ3) is 4.51. The molecule has 4 aromatic rings. The van der Waals surface area contributed by atoms with Crippen molar-refractivity contribution in [1.29, 1.82) is 0 Å². The Balaban J connectivity index is 1.42. The quantitative estimate of drug-likeness (QED) is 0.309. The van der Waals surface area contributed by atoms with Gasteiger partial charge in [0.1, 0.15) is 5.82 Å². The number of thioether (sulfide) groups is 1. The molecule has 0 aliphatic carbocycles. The van der Waals surface area contributed by atoms with Crippen LogP contribution in [0, 0.1) is 0 Å². The van der Waals surface area contributed by atoms with Gasteiger partial charge in [0.05, 0.1) is 24.5 Å². The number of benzene rings is 1. The number of aromatic nitrogens is 5. The Labute approximate surface area is 185 Å². The first-order valence-electron chi connectivity index (χ1n) is 10.4. The van der Waals surface area contributed by atoms with Crippen LogP contribution in [0.25, 0.3) is 21.9 Å². The smallest absolute Gasteiger partial charge is 0.224 e. The molecule has 4 rings (SSSR count). The molecule has 8 nitrogen and oxygen atoms in total. The Morgan fingerprint density at radius 3 is 2.81 bits per heavy atom. The lowest BCUT2D eigenvalue weighted by molar-refractivity contribution is -0.120. The predicted molar refractivity (Wildman–Crippen MR) is 126 cm³/mol. The van der Waals surface area contributed by atoms with Crippen molar-refractivity contribution in [2.75, 3.05) is 24.7 Å². The summed E-state index contributed by atoms with van der Waals surface area (Å²) in [5.74, 6) is 0.806. The first-order chi connectivity index (χ1) is 15.1. The molecule has 0 spiro atoms. The number of carbonyl (C=O) groups excluding carboxylic acids is 1. The van der Waals surface area contributed by atoms with Gasteiger partial charge in [-0.2, -0.15) is 5.10 Å². The maximum Gasteiger partial charge on any atom is 0.224 e. The van der Waals surface area contributed by atoms with Crippen molar-refractivity contribution in [2.45, 2.75) is 31.5 Å². The lowest BCUT2D eigenvalue weighted by atomic mass is 10.1. The fraction of sp³-hybridized carbons (Fsp3) is 0.364. The van der Waals surface area contributed by atoms with E-state index in [4.69, 9.17) is 0 Å². The molecule has 0 aliphatic rings. The molecule has 0 saturated carbocycles. The zero-order valence-electron chi connectivity index (χ0n) is 18.1. The van der Waals surface area contributed by atoms with E-state index >= 15 is 0 Å². The number of hydrogen-bond donors (Lipinski definition) is 2. The molecule has 31 heavy (non-hydrogen) atoms. The summed E-state index contributed by atoms with van der Waals surface area (Å²) in [5, 5.41) is 13.6. The largest absolute Gasteiger partial charge is 0.369 e. The zero-order chi connectivity index (χ0) is 21.8. The number of nitrogens with zero attached hydrogens (tertiary/aromatic N) is 5. The zero-order valence-corrected chi connectivity index (χ0v) is 18.9. The molecule has 0 unspecified atom stereocenters. The Bertz CT molecular complexity index is 1210. The van der Waals surface area contributed by atoms with E-state index in [9.17, 15) is 4.79 Å². The van der Waals surface area contributed by atoms with Gasteiger partial charge in [-0.3, -0.25) is 4.79 Å². The third-order valence-corrected chi connectivity index (χ3v) is 5.72. The first kappa shape index (κ1) is 21.2. The molecule has 9 heteroatoms. The average Bonchev–Trinajstić information content (AvgIpc) is 3.33. The molecule has 0 bridgehead atoms. The van der Waals surface area contributed by atoms with E-state index in [1.165, 1.54) is 11.8 Å². The highest BCUT2D eigenvalue weighted by Crippen LogP contribution is 2.23. The van der Waals surface area contributed by atoms with Gasteiger partial charge in [0.15, 0.2) is 10.8 Å². The second kappa shape index (κ2) is 9.38. The summed E-state index contributed by atoms with van der Waals surface area (Å²) in [6.45, 7) is 3.99. The van der Waals surface area contributed by atoms with Gasteiger partial charge < -0.3 is 15.2 Å². The monoisotopic (exact) mass is 437 g/mol. The number of aryl methyl sites for hydroxylation is 1. The van der Waals surface area contributed by atoms with Crippen LogP contribution in [0.2, 0.25) is 0 Å². The van der Waals surface area contributed by atoms with Gasteiger partial charge in [0.25, 0.3) is 0 Å². The molecule has 0 atom stereocenters. The normalized spacial score (nSPS) is 11.3. The maximum absolute atomic E-state index is 12.5. The van der Waals surface area contributed by atoms with E-state index in [1.54, 1.807) is 6.20 Å². The van der Waals surface area contributed by atoms with Crippen LogP contribution >= 0.6 is 11.8 Å². The molecular formula is C22H27N7OS. The van der Waals surface area contributed by atoms with Crippen molar-refractivity contribution in [2.24, 2.45) is 7.05 Å². The van der Waals surface area contributed by atoms with Crippen LogP contribution < -0.4 is 10.6 Å². The second-order valence-corrected chi connectivity index (χ2v) is 8.17. The van der Waals surface area contributed by atoms with Crippen LogP contribution in [0.4, 0.5) is 5.82 Å². The summed E-state index contributed by atoms with van der Waals surface area (Å²) >= 11 is 1.50. The molecule has 1 aromatic carbocycles. The molecular weight excluding hydrogens is 410 g/mol. The van der Waals surface area contributed by atoms with E-state index < -0.39 is 0 Å². The number of hydrogen-bond acceptors (Lipinski definition) is 6. The van der Waals surface area contributed by atoms with Gasteiger partial charge in [-0.05, 0) is 24.3 Å². The highest BCUT2D eigenvalue weighted by Gasteiger charge is 2.14. The molecule has 3 heterocycles. The fourth-order valence-electron chi connectivity index (χ4n) is 3.67. The summed E-state index contributed by atoms with van der Waals surface area (Å²) < 4.78 is 3.88. The second-order valence-electron chi connectivity index (χ2n) is 7.40. The van der Waals surface area contributed by atoms with Crippen molar-refractivity contribution in [3.05, 3.63) is 42.2 Å². The van der Waals surface area contributed by atoms with Gasteiger partial charge >= 0.3 is 0 Å². The molecule has 1 amide bonds. The van der Waals surface area contributed by atoms with E-state index in [0.717, 1.165) is 46.3 Å². The highest BCUT2D eigenvalue weighted by molar-refractivity contribution is 7.98. The van der Waals surface area contributed by atoms with Gasteiger partial charge in [0.2, 0.25) is 5.91 Å². The number of carbonyl (C=O) groups is 1.